The Morgan fingerprint density at radius 3 is 2.96 bits per heavy atom. The molecule has 4 aromatic rings. The number of nitrogens with one attached hydrogen (secondary N) is 1. The highest BCUT2D eigenvalue weighted by molar-refractivity contribution is 7.99. The zero-order valence-corrected chi connectivity index (χ0v) is 17.7. The summed E-state index contributed by atoms with van der Waals surface area (Å²) in [5.74, 6) is 1.71. The van der Waals surface area contributed by atoms with Crippen LogP contribution in [0.25, 0.3) is 20.9 Å². The van der Waals surface area contributed by atoms with E-state index in [9.17, 15) is 4.79 Å². The van der Waals surface area contributed by atoms with E-state index in [0.29, 0.717) is 5.13 Å². The van der Waals surface area contributed by atoms with Gasteiger partial charge in [-0.05, 0) is 36.6 Å². The Bertz CT molecular complexity index is 1100. The summed E-state index contributed by atoms with van der Waals surface area (Å²) in [6.07, 6.45) is 0. The lowest BCUT2D eigenvalue weighted by molar-refractivity contribution is -0.113. The summed E-state index contributed by atoms with van der Waals surface area (Å²) in [6.45, 7) is 2.78. The molecule has 0 bridgehead atoms. The van der Waals surface area contributed by atoms with Gasteiger partial charge in [-0.15, -0.1) is 21.5 Å². The van der Waals surface area contributed by atoms with Crippen molar-refractivity contribution in [3.63, 3.8) is 0 Å². The molecule has 0 aliphatic carbocycles. The number of benzene rings is 1. The summed E-state index contributed by atoms with van der Waals surface area (Å²) >= 11 is 4.41. The Morgan fingerprint density at radius 1 is 1.32 bits per heavy atom. The van der Waals surface area contributed by atoms with E-state index in [1.807, 2.05) is 47.2 Å². The molecule has 1 aromatic carbocycles. The van der Waals surface area contributed by atoms with Gasteiger partial charge in [-0.25, -0.2) is 4.98 Å². The van der Waals surface area contributed by atoms with Crippen LogP contribution in [0.1, 0.15) is 6.92 Å². The van der Waals surface area contributed by atoms with E-state index >= 15 is 0 Å². The number of thiazole rings is 1. The molecule has 0 saturated heterocycles. The number of amides is 1. The number of aromatic nitrogens is 4. The van der Waals surface area contributed by atoms with Gasteiger partial charge in [-0.1, -0.05) is 29.2 Å². The van der Waals surface area contributed by atoms with Gasteiger partial charge in [-0.3, -0.25) is 4.79 Å². The molecule has 0 aliphatic rings. The third-order valence-electron chi connectivity index (χ3n) is 3.95. The lowest BCUT2D eigenvalue weighted by atomic mass is 10.3. The number of nitrogens with zero attached hydrogens (tertiary/aromatic N) is 4. The molecule has 0 saturated carbocycles. The van der Waals surface area contributed by atoms with Crippen LogP contribution >= 0.6 is 34.4 Å². The number of carbonyl (C=O) groups excluding carboxylic acids is 1. The van der Waals surface area contributed by atoms with E-state index in [4.69, 9.17) is 4.74 Å². The van der Waals surface area contributed by atoms with Crippen LogP contribution in [-0.4, -0.2) is 38.5 Å². The molecule has 0 aliphatic heterocycles. The Balaban J connectivity index is 1.42. The zero-order chi connectivity index (χ0) is 19.5. The normalized spacial score (nSPS) is 11.1. The van der Waals surface area contributed by atoms with Crippen molar-refractivity contribution in [3.8, 4) is 16.5 Å². The minimum absolute atomic E-state index is 0.126. The topological polar surface area (TPSA) is 81.9 Å². The Hall–Kier alpha value is -2.43. The standard InChI is InChI=1S/C18H17N5O2S3/c1-3-23-16(13-5-4-8-26-13)21-22-18(23)27-10-15(24)20-17-19-12-7-6-11(25-2)9-14(12)28-17/h4-9H,3,10H2,1-2H3,(H,19,20,24). The number of hydrogen-bond acceptors (Lipinski definition) is 8. The molecule has 7 nitrogen and oxygen atoms in total. The lowest BCUT2D eigenvalue weighted by Crippen LogP contribution is -2.14. The fourth-order valence-electron chi connectivity index (χ4n) is 2.64. The second-order valence-corrected chi connectivity index (χ2v) is 8.64. The smallest absolute Gasteiger partial charge is 0.236 e. The van der Waals surface area contributed by atoms with Crippen molar-refractivity contribution in [2.75, 3.05) is 18.2 Å². The third-order valence-corrected chi connectivity index (χ3v) is 6.72. The maximum absolute atomic E-state index is 12.4. The number of anilines is 1. The van der Waals surface area contributed by atoms with E-state index in [2.05, 4.69) is 20.5 Å². The Kier molecular flexibility index (Phi) is 5.60. The highest BCUT2D eigenvalue weighted by Crippen LogP contribution is 2.30. The molecule has 3 heterocycles. The summed E-state index contributed by atoms with van der Waals surface area (Å²) < 4.78 is 8.21. The van der Waals surface area contributed by atoms with Crippen LogP contribution in [-0.2, 0) is 11.3 Å². The molecule has 0 unspecified atom stereocenters. The van der Waals surface area contributed by atoms with Crippen LogP contribution in [0.5, 0.6) is 5.75 Å². The number of methoxy groups -OCH3 is 1. The fourth-order valence-corrected chi connectivity index (χ4v) is 5.07. The molecular formula is C18H17N5O2S3. The van der Waals surface area contributed by atoms with E-state index in [1.165, 1.54) is 23.1 Å². The quantitative estimate of drug-likeness (QED) is 0.438. The molecule has 10 heteroatoms. The number of ether oxygens (including phenoxy) is 1. The van der Waals surface area contributed by atoms with E-state index in [1.54, 1.807) is 18.4 Å². The maximum atomic E-state index is 12.4. The van der Waals surface area contributed by atoms with Gasteiger partial charge >= 0.3 is 0 Å². The van der Waals surface area contributed by atoms with Crippen molar-refractivity contribution in [1.29, 1.82) is 0 Å². The van der Waals surface area contributed by atoms with Crippen LogP contribution in [0, 0.1) is 0 Å². The Labute approximate surface area is 173 Å². The van der Waals surface area contributed by atoms with Gasteiger partial charge in [-0.2, -0.15) is 0 Å². The number of fused-ring (bicyclic) bond motifs is 1. The summed E-state index contributed by atoms with van der Waals surface area (Å²) in [4.78, 5) is 17.9. The van der Waals surface area contributed by atoms with Gasteiger partial charge in [0.15, 0.2) is 16.1 Å². The number of carbonyl (C=O) groups is 1. The van der Waals surface area contributed by atoms with Crippen LogP contribution in [0.4, 0.5) is 5.13 Å². The van der Waals surface area contributed by atoms with Crippen molar-refractivity contribution in [3.05, 3.63) is 35.7 Å². The van der Waals surface area contributed by atoms with Gasteiger partial charge in [0, 0.05) is 6.54 Å². The average molecular weight is 432 g/mol. The van der Waals surface area contributed by atoms with Gasteiger partial charge in [0.2, 0.25) is 5.91 Å². The molecule has 1 amide bonds. The van der Waals surface area contributed by atoms with Gasteiger partial charge in [0.05, 0.1) is 28.0 Å². The van der Waals surface area contributed by atoms with Crippen molar-refractivity contribution >= 4 is 55.7 Å². The molecule has 0 atom stereocenters. The molecule has 0 spiro atoms. The molecular weight excluding hydrogens is 414 g/mol. The first kappa shape index (κ1) is 18.9. The van der Waals surface area contributed by atoms with E-state index in [0.717, 1.165) is 38.4 Å². The zero-order valence-electron chi connectivity index (χ0n) is 15.2. The second-order valence-electron chi connectivity index (χ2n) is 5.72. The molecule has 0 radical (unpaired) electrons. The first-order valence-electron chi connectivity index (χ1n) is 8.52. The fraction of sp³-hybridized carbons (Fsp3) is 0.222. The number of thioether (sulfide) groups is 1. The number of hydrogen-bond donors (Lipinski definition) is 1. The minimum Gasteiger partial charge on any atom is -0.497 e. The predicted molar refractivity (Wildman–Crippen MR) is 115 cm³/mol. The van der Waals surface area contributed by atoms with Crippen LogP contribution in [0.3, 0.4) is 0 Å². The molecule has 28 heavy (non-hydrogen) atoms. The van der Waals surface area contributed by atoms with Crippen LogP contribution in [0.2, 0.25) is 0 Å². The highest BCUT2D eigenvalue weighted by atomic mass is 32.2. The summed E-state index contributed by atoms with van der Waals surface area (Å²) in [5, 5.41) is 14.7. The molecule has 3 aromatic heterocycles. The lowest BCUT2D eigenvalue weighted by Gasteiger charge is -2.06. The van der Waals surface area contributed by atoms with Crippen LogP contribution in [0.15, 0.2) is 40.9 Å². The number of rotatable bonds is 7. The first-order valence-corrected chi connectivity index (χ1v) is 11.2. The van der Waals surface area contributed by atoms with Crippen molar-refractivity contribution in [2.45, 2.75) is 18.6 Å². The van der Waals surface area contributed by atoms with Crippen molar-refractivity contribution in [2.24, 2.45) is 0 Å². The molecule has 0 fully saturated rings. The molecule has 4 rings (SSSR count). The molecule has 144 valence electrons. The van der Waals surface area contributed by atoms with E-state index < -0.39 is 0 Å². The summed E-state index contributed by atoms with van der Waals surface area (Å²) in [6, 6.07) is 9.65. The van der Waals surface area contributed by atoms with Crippen molar-refractivity contribution < 1.29 is 9.53 Å². The summed E-state index contributed by atoms with van der Waals surface area (Å²) in [5.41, 5.74) is 0.833. The third kappa shape index (κ3) is 3.89. The largest absolute Gasteiger partial charge is 0.497 e. The van der Waals surface area contributed by atoms with Crippen molar-refractivity contribution in [1.82, 2.24) is 19.7 Å². The minimum atomic E-state index is -0.126. The summed E-state index contributed by atoms with van der Waals surface area (Å²) in [7, 11) is 1.63. The van der Waals surface area contributed by atoms with Gasteiger partial charge in [0.1, 0.15) is 5.75 Å². The average Bonchev–Trinajstić information content (AvgIpc) is 3.43. The molecule has 1 N–H and O–H groups in total. The van der Waals surface area contributed by atoms with Gasteiger partial charge < -0.3 is 14.6 Å². The highest BCUT2D eigenvalue weighted by Gasteiger charge is 2.16. The van der Waals surface area contributed by atoms with E-state index in [-0.39, 0.29) is 11.7 Å². The maximum Gasteiger partial charge on any atom is 0.236 e. The Morgan fingerprint density at radius 2 is 2.21 bits per heavy atom. The predicted octanol–water partition coefficient (Wildman–Crippen LogP) is 4.38. The first-order chi connectivity index (χ1) is 13.7. The van der Waals surface area contributed by atoms with Gasteiger partial charge in [0.25, 0.3) is 0 Å². The second kappa shape index (κ2) is 8.29. The number of thiophene rings is 1. The monoisotopic (exact) mass is 431 g/mol. The van der Waals surface area contributed by atoms with Crippen LogP contribution < -0.4 is 10.1 Å². The SMILES string of the molecule is CCn1c(SCC(=O)Nc2nc3ccc(OC)cc3s2)nnc1-c1cccs1.